The van der Waals surface area contributed by atoms with Crippen molar-refractivity contribution in [2.45, 2.75) is 25.8 Å². The van der Waals surface area contributed by atoms with E-state index in [0.29, 0.717) is 6.04 Å². The first-order valence-corrected chi connectivity index (χ1v) is 6.50. The summed E-state index contributed by atoms with van der Waals surface area (Å²) in [4.78, 5) is 4.30. The third-order valence-corrected chi connectivity index (χ3v) is 3.53. The van der Waals surface area contributed by atoms with Gasteiger partial charge in [-0.05, 0) is 32.2 Å². The lowest BCUT2D eigenvalue weighted by Gasteiger charge is -2.13. The number of nitrogens with one attached hydrogen (secondary N) is 1. The second-order valence-corrected chi connectivity index (χ2v) is 4.83. The number of aromatic nitrogens is 1. The van der Waals surface area contributed by atoms with E-state index in [-0.39, 0.29) is 0 Å². The first-order valence-electron chi connectivity index (χ1n) is 5.55. The van der Waals surface area contributed by atoms with Crippen LogP contribution in [0, 0.1) is 5.92 Å². The zero-order chi connectivity index (χ0) is 10.5. The summed E-state index contributed by atoms with van der Waals surface area (Å²) >= 11 is 1.66. The van der Waals surface area contributed by atoms with Crippen LogP contribution < -0.4 is 5.32 Å². The molecule has 2 atom stereocenters. The molecular weight excluding hydrogens is 208 g/mol. The van der Waals surface area contributed by atoms with E-state index in [4.69, 9.17) is 4.74 Å². The van der Waals surface area contributed by atoms with Crippen molar-refractivity contribution in [3.63, 3.8) is 0 Å². The van der Waals surface area contributed by atoms with E-state index in [1.807, 2.05) is 5.51 Å². The Morgan fingerprint density at radius 3 is 3.33 bits per heavy atom. The van der Waals surface area contributed by atoms with Crippen LogP contribution in [0.5, 0.6) is 0 Å². The summed E-state index contributed by atoms with van der Waals surface area (Å²) in [5, 5.41) is 5.61. The molecule has 0 amide bonds. The predicted molar refractivity (Wildman–Crippen MR) is 62.1 cm³/mol. The van der Waals surface area contributed by atoms with Gasteiger partial charge >= 0.3 is 0 Å². The molecule has 0 spiro atoms. The number of thiazole rings is 1. The minimum absolute atomic E-state index is 0.374. The summed E-state index contributed by atoms with van der Waals surface area (Å²) in [7, 11) is 0. The van der Waals surface area contributed by atoms with Gasteiger partial charge in [0.05, 0.1) is 11.2 Å². The fourth-order valence-electron chi connectivity index (χ4n) is 1.86. The molecule has 0 aromatic carbocycles. The van der Waals surface area contributed by atoms with Gasteiger partial charge in [-0.3, -0.25) is 0 Å². The van der Waals surface area contributed by atoms with Gasteiger partial charge in [-0.15, -0.1) is 11.3 Å². The summed E-state index contributed by atoms with van der Waals surface area (Å²) in [5.74, 6) is 0.764. The van der Waals surface area contributed by atoms with Crippen LogP contribution in [0.3, 0.4) is 0 Å². The average Bonchev–Trinajstić information content (AvgIpc) is 2.90. The van der Waals surface area contributed by atoms with Crippen molar-refractivity contribution in [1.29, 1.82) is 0 Å². The molecule has 4 heteroatoms. The summed E-state index contributed by atoms with van der Waals surface area (Å²) in [5.41, 5.74) is 3.04. The van der Waals surface area contributed by atoms with Gasteiger partial charge in [-0.1, -0.05) is 0 Å². The van der Waals surface area contributed by atoms with Gasteiger partial charge in [-0.2, -0.15) is 0 Å². The zero-order valence-corrected chi connectivity index (χ0v) is 9.93. The van der Waals surface area contributed by atoms with Crippen molar-refractivity contribution in [2.24, 2.45) is 5.92 Å². The molecule has 0 bridgehead atoms. The van der Waals surface area contributed by atoms with Gasteiger partial charge < -0.3 is 10.1 Å². The van der Waals surface area contributed by atoms with E-state index in [1.54, 1.807) is 11.3 Å². The molecule has 1 aliphatic rings. The summed E-state index contributed by atoms with van der Waals surface area (Å²) in [6.07, 6.45) is 2.45. The average molecular weight is 226 g/mol. The van der Waals surface area contributed by atoms with E-state index in [1.165, 1.54) is 12.8 Å². The largest absolute Gasteiger partial charge is 0.381 e. The number of rotatable bonds is 5. The second-order valence-electron chi connectivity index (χ2n) is 4.11. The first kappa shape index (κ1) is 11.0. The van der Waals surface area contributed by atoms with Gasteiger partial charge in [-0.25, -0.2) is 4.98 Å². The molecule has 0 aliphatic carbocycles. The molecule has 0 saturated carbocycles. The summed E-state index contributed by atoms with van der Waals surface area (Å²) in [6, 6.07) is 0.374. The second kappa shape index (κ2) is 5.58. The topological polar surface area (TPSA) is 34.1 Å². The Bertz CT molecular complexity index is 270. The smallest absolute Gasteiger partial charge is 0.0795 e. The van der Waals surface area contributed by atoms with Gasteiger partial charge in [0.1, 0.15) is 0 Å². The maximum Gasteiger partial charge on any atom is 0.0795 e. The van der Waals surface area contributed by atoms with Crippen LogP contribution in [0.15, 0.2) is 10.9 Å². The number of ether oxygens (including phenoxy) is 1. The highest BCUT2D eigenvalue weighted by molar-refractivity contribution is 7.07. The van der Waals surface area contributed by atoms with Gasteiger partial charge in [0, 0.05) is 24.6 Å². The minimum atomic E-state index is 0.374. The van der Waals surface area contributed by atoms with E-state index in [0.717, 1.165) is 31.4 Å². The van der Waals surface area contributed by atoms with Crippen molar-refractivity contribution in [1.82, 2.24) is 10.3 Å². The van der Waals surface area contributed by atoms with Crippen molar-refractivity contribution < 1.29 is 4.74 Å². The highest BCUT2D eigenvalue weighted by Crippen LogP contribution is 2.16. The normalized spacial score (nSPS) is 23.1. The first-order chi connectivity index (χ1) is 7.36. The molecule has 1 saturated heterocycles. The quantitative estimate of drug-likeness (QED) is 0.836. The highest BCUT2D eigenvalue weighted by atomic mass is 32.1. The molecule has 1 fully saturated rings. The van der Waals surface area contributed by atoms with Crippen molar-refractivity contribution in [2.75, 3.05) is 19.8 Å². The Hall–Kier alpha value is -0.450. The lowest BCUT2D eigenvalue weighted by Crippen LogP contribution is -2.22. The van der Waals surface area contributed by atoms with Crippen molar-refractivity contribution in [3.8, 4) is 0 Å². The zero-order valence-electron chi connectivity index (χ0n) is 9.11. The lowest BCUT2D eigenvalue weighted by molar-refractivity contribution is 0.184. The molecule has 15 heavy (non-hydrogen) atoms. The molecule has 2 rings (SSSR count). The molecule has 2 heterocycles. The summed E-state index contributed by atoms with van der Waals surface area (Å²) in [6.45, 7) is 5.13. The molecule has 1 aromatic heterocycles. The number of hydrogen-bond donors (Lipinski definition) is 1. The Morgan fingerprint density at radius 1 is 1.73 bits per heavy atom. The third kappa shape index (κ3) is 3.26. The number of nitrogens with zero attached hydrogens (tertiary/aromatic N) is 1. The van der Waals surface area contributed by atoms with Crippen molar-refractivity contribution in [3.05, 3.63) is 16.6 Å². The fourth-order valence-corrected chi connectivity index (χ4v) is 2.50. The molecule has 0 radical (unpaired) electrons. The van der Waals surface area contributed by atoms with Crippen LogP contribution in [0.4, 0.5) is 0 Å². The maximum atomic E-state index is 5.35. The Kier molecular flexibility index (Phi) is 4.11. The Labute approximate surface area is 94.9 Å². The van der Waals surface area contributed by atoms with Gasteiger partial charge in [0.25, 0.3) is 0 Å². The van der Waals surface area contributed by atoms with Crippen LogP contribution in [-0.2, 0) is 4.74 Å². The SMILES string of the molecule is CC(NCCC1CCOC1)c1cscn1. The molecular formula is C11H18N2OS. The molecule has 1 N–H and O–H groups in total. The Balaban J connectivity index is 1.65. The molecule has 3 nitrogen and oxygen atoms in total. The summed E-state index contributed by atoms with van der Waals surface area (Å²) < 4.78 is 5.35. The van der Waals surface area contributed by atoms with Crippen LogP contribution in [0.1, 0.15) is 31.5 Å². The minimum Gasteiger partial charge on any atom is -0.381 e. The number of hydrogen-bond acceptors (Lipinski definition) is 4. The van der Waals surface area contributed by atoms with Crippen LogP contribution in [-0.4, -0.2) is 24.7 Å². The van der Waals surface area contributed by atoms with Crippen LogP contribution in [0.25, 0.3) is 0 Å². The van der Waals surface area contributed by atoms with E-state index < -0.39 is 0 Å². The van der Waals surface area contributed by atoms with E-state index in [2.05, 4.69) is 22.6 Å². The lowest BCUT2D eigenvalue weighted by atomic mass is 10.1. The van der Waals surface area contributed by atoms with Gasteiger partial charge in [0.2, 0.25) is 0 Å². The monoisotopic (exact) mass is 226 g/mol. The van der Waals surface area contributed by atoms with Gasteiger partial charge in [0.15, 0.2) is 0 Å². The molecule has 1 aromatic rings. The third-order valence-electron chi connectivity index (χ3n) is 2.92. The van der Waals surface area contributed by atoms with Crippen LogP contribution in [0.2, 0.25) is 0 Å². The van der Waals surface area contributed by atoms with E-state index in [9.17, 15) is 0 Å². The highest BCUT2D eigenvalue weighted by Gasteiger charge is 2.15. The molecule has 1 aliphatic heterocycles. The Morgan fingerprint density at radius 2 is 2.67 bits per heavy atom. The van der Waals surface area contributed by atoms with Crippen molar-refractivity contribution >= 4 is 11.3 Å². The maximum absolute atomic E-state index is 5.35. The predicted octanol–water partition coefficient (Wildman–Crippen LogP) is 2.22. The fraction of sp³-hybridized carbons (Fsp3) is 0.727. The standard InChI is InChI=1S/C11H18N2OS/c1-9(11-7-15-8-13-11)12-4-2-10-3-5-14-6-10/h7-10,12H,2-6H2,1H3. The molecule has 84 valence electrons. The van der Waals surface area contributed by atoms with Crippen LogP contribution >= 0.6 is 11.3 Å². The molecule has 2 unspecified atom stereocenters. The van der Waals surface area contributed by atoms with E-state index >= 15 is 0 Å².